The Balaban J connectivity index is 2.39. The molecule has 0 N–H and O–H groups in total. The standard InChI is InChI=1S/C4H7O3P/c1-3-4(5)2-6-8-7-3/h3,8H,2H2,1H3. The summed E-state index contributed by atoms with van der Waals surface area (Å²) in [7, 11) is 0.0472. The Bertz CT molecular complexity index is 103. The SMILES string of the molecule is CC1OPOCC1=O. The van der Waals surface area contributed by atoms with Crippen molar-refractivity contribution in [3.63, 3.8) is 0 Å². The number of carbonyl (C=O) groups is 1. The minimum atomic E-state index is -0.248. The van der Waals surface area contributed by atoms with Crippen LogP contribution in [-0.2, 0) is 13.8 Å². The van der Waals surface area contributed by atoms with Gasteiger partial charge in [0.05, 0.1) is 0 Å². The van der Waals surface area contributed by atoms with E-state index in [2.05, 4.69) is 0 Å². The summed E-state index contributed by atoms with van der Waals surface area (Å²) in [5, 5.41) is 0. The summed E-state index contributed by atoms with van der Waals surface area (Å²) >= 11 is 0. The van der Waals surface area contributed by atoms with Crippen molar-refractivity contribution in [2.45, 2.75) is 13.0 Å². The molecule has 0 bridgehead atoms. The van der Waals surface area contributed by atoms with Crippen molar-refractivity contribution in [1.29, 1.82) is 0 Å². The number of hydrogen-bond acceptors (Lipinski definition) is 3. The van der Waals surface area contributed by atoms with Crippen LogP contribution in [0.3, 0.4) is 0 Å². The zero-order chi connectivity index (χ0) is 5.98. The topological polar surface area (TPSA) is 35.5 Å². The van der Waals surface area contributed by atoms with Crippen LogP contribution < -0.4 is 0 Å². The van der Waals surface area contributed by atoms with Gasteiger partial charge >= 0.3 is 0 Å². The lowest BCUT2D eigenvalue weighted by molar-refractivity contribution is -0.129. The minimum absolute atomic E-state index is 0.0313. The van der Waals surface area contributed by atoms with Crippen molar-refractivity contribution in [3.05, 3.63) is 0 Å². The van der Waals surface area contributed by atoms with E-state index in [9.17, 15) is 4.79 Å². The average molecular weight is 134 g/mol. The van der Waals surface area contributed by atoms with Gasteiger partial charge in [-0.25, -0.2) is 0 Å². The van der Waals surface area contributed by atoms with Crippen molar-refractivity contribution in [2.75, 3.05) is 6.61 Å². The van der Waals surface area contributed by atoms with E-state index >= 15 is 0 Å². The van der Waals surface area contributed by atoms with Gasteiger partial charge < -0.3 is 9.05 Å². The molecule has 1 aliphatic heterocycles. The molecule has 1 fully saturated rings. The number of rotatable bonds is 0. The van der Waals surface area contributed by atoms with Crippen LogP contribution in [-0.4, -0.2) is 18.5 Å². The second-order valence-corrected chi connectivity index (χ2v) is 2.29. The van der Waals surface area contributed by atoms with Gasteiger partial charge in [-0.3, -0.25) is 4.79 Å². The normalized spacial score (nSPS) is 33.6. The zero-order valence-electron chi connectivity index (χ0n) is 4.51. The van der Waals surface area contributed by atoms with Crippen molar-refractivity contribution in [1.82, 2.24) is 0 Å². The van der Waals surface area contributed by atoms with E-state index in [1.165, 1.54) is 0 Å². The predicted molar refractivity (Wildman–Crippen MR) is 29.8 cm³/mol. The van der Waals surface area contributed by atoms with Crippen molar-refractivity contribution in [2.24, 2.45) is 0 Å². The quantitative estimate of drug-likeness (QED) is 0.452. The lowest BCUT2D eigenvalue weighted by atomic mass is 10.3. The Morgan fingerprint density at radius 3 is 3.00 bits per heavy atom. The van der Waals surface area contributed by atoms with Crippen molar-refractivity contribution in [3.8, 4) is 0 Å². The Kier molecular flexibility index (Phi) is 1.95. The first-order valence-corrected chi connectivity index (χ1v) is 3.17. The Hall–Kier alpha value is 0.0200. The molecule has 1 aliphatic rings. The van der Waals surface area contributed by atoms with E-state index in [0.717, 1.165) is 0 Å². The molecule has 46 valence electrons. The van der Waals surface area contributed by atoms with Gasteiger partial charge in [-0.1, -0.05) is 0 Å². The second kappa shape index (κ2) is 2.53. The Morgan fingerprint density at radius 2 is 2.62 bits per heavy atom. The highest BCUT2D eigenvalue weighted by Crippen LogP contribution is 2.21. The van der Waals surface area contributed by atoms with E-state index in [0.29, 0.717) is 0 Å². The third-order valence-electron chi connectivity index (χ3n) is 0.952. The monoisotopic (exact) mass is 134 g/mol. The first kappa shape index (κ1) is 6.14. The van der Waals surface area contributed by atoms with Crippen LogP contribution >= 0.6 is 9.03 Å². The number of ketones is 1. The molecule has 0 radical (unpaired) electrons. The molecule has 0 aromatic carbocycles. The fourth-order valence-electron chi connectivity index (χ4n) is 0.390. The van der Waals surface area contributed by atoms with Gasteiger partial charge in [0.1, 0.15) is 12.7 Å². The van der Waals surface area contributed by atoms with E-state index in [1.54, 1.807) is 6.92 Å². The molecule has 8 heavy (non-hydrogen) atoms. The first-order valence-electron chi connectivity index (χ1n) is 2.36. The van der Waals surface area contributed by atoms with E-state index in [4.69, 9.17) is 9.05 Å². The molecule has 0 aliphatic carbocycles. The van der Waals surface area contributed by atoms with Crippen LogP contribution in [0.15, 0.2) is 0 Å². The van der Waals surface area contributed by atoms with Gasteiger partial charge in [-0.05, 0) is 6.92 Å². The molecule has 4 heteroatoms. The minimum Gasteiger partial charge on any atom is -0.328 e. The highest BCUT2D eigenvalue weighted by atomic mass is 31.1. The Labute approximate surface area is 49.3 Å². The average Bonchev–Trinajstić information content (AvgIpc) is 1.77. The van der Waals surface area contributed by atoms with Crippen LogP contribution in [0.4, 0.5) is 0 Å². The molecule has 0 aromatic heterocycles. The van der Waals surface area contributed by atoms with Gasteiger partial charge in [0.15, 0.2) is 14.8 Å². The number of carbonyl (C=O) groups excluding carboxylic acids is 1. The van der Waals surface area contributed by atoms with Crippen LogP contribution in [0.1, 0.15) is 6.92 Å². The molecule has 0 amide bonds. The van der Waals surface area contributed by atoms with Crippen LogP contribution in [0, 0.1) is 0 Å². The third-order valence-corrected chi connectivity index (χ3v) is 1.66. The summed E-state index contributed by atoms with van der Waals surface area (Å²) in [5.74, 6) is 0.0313. The summed E-state index contributed by atoms with van der Waals surface area (Å²) in [4.78, 5) is 10.5. The maximum absolute atomic E-state index is 10.5. The van der Waals surface area contributed by atoms with Crippen LogP contribution in [0.25, 0.3) is 0 Å². The summed E-state index contributed by atoms with van der Waals surface area (Å²) < 4.78 is 9.55. The van der Waals surface area contributed by atoms with Crippen molar-refractivity contribution >= 4 is 14.8 Å². The van der Waals surface area contributed by atoms with Gasteiger partial charge in [-0.15, -0.1) is 0 Å². The number of Topliss-reactive ketones (excluding diaryl/α,β-unsaturated/α-hetero) is 1. The fourth-order valence-corrected chi connectivity index (χ4v) is 0.935. The van der Waals surface area contributed by atoms with Crippen LogP contribution in [0.5, 0.6) is 0 Å². The van der Waals surface area contributed by atoms with E-state index < -0.39 is 0 Å². The molecular formula is C4H7O3P. The maximum atomic E-state index is 10.5. The van der Waals surface area contributed by atoms with Gasteiger partial charge in [-0.2, -0.15) is 0 Å². The summed E-state index contributed by atoms with van der Waals surface area (Å²) in [6.07, 6.45) is -0.248. The van der Waals surface area contributed by atoms with Crippen LogP contribution in [0.2, 0.25) is 0 Å². The third kappa shape index (κ3) is 1.25. The zero-order valence-corrected chi connectivity index (χ0v) is 5.51. The first-order chi connectivity index (χ1) is 3.80. The molecule has 1 heterocycles. The largest absolute Gasteiger partial charge is 0.328 e. The molecule has 0 aromatic rings. The van der Waals surface area contributed by atoms with Crippen molar-refractivity contribution < 1.29 is 13.8 Å². The molecule has 2 atom stereocenters. The molecule has 0 saturated carbocycles. The predicted octanol–water partition coefficient (Wildman–Crippen LogP) is 0.499. The fraction of sp³-hybridized carbons (Fsp3) is 0.750. The lowest BCUT2D eigenvalue weighted by Crippen LogP contribution is -2.25. The summed E-state index contributed by atoms with van der Waals surface area (Å²) in [5.41, 5.74) is 0. The molecule has 1 saturated heterocycles. The van der Waals surface area contributed by atoms with Gasteiger partial charge in [0, 0.05) is 0 Å². The highest BCUT2D eigenvalue weighted by molar-refractivity contribution is 7.26. The summed E-state index contributed by atoms with van der Waals surface area (Å²) in [6, 6.07) is 0. The number of hydrogen-bond donors (Lipinski definition) is 0. The molecule has 3 nitrogen and oxygen atoms in total. The van der Waals surface area contributed by atoms with E-state index in [-0.39, 0.29) is 27.5 Å². The lowest BCUT2D eigenvalue weighted by Gasteiger charge is -2.15. The molecule has 0 spiro atoms. The Morgan fingerprint density at radius 1 is 1.88 bits per heavy atom. The highest BCUT2D eigenvalue weighted by Gasteiger charge is 2.17. The van der Waals surface area contributed by atoms with E-state index in [1.807, 2.05) is 0 Å². The molecule has 1 rings (SSSR count). The summed E-state index contributed by atoms with van der Waals surface area (Å²) in [6.45, 7) is 1.96. The molecular weight excluding hydrogens is 127 g/mol. The van der Waals surface area contributed by atoms with Gasteiger partial charge in [0.2, 0.25) is 0 Å². The smallest absolute Gasteiger partial charge is 0.187 e. The maximum Gasteiger partial charge on any atom is 0.187 e. The van der Waals surface area contributed by atoms with Gasteiger partial charge in [0.25, 0.3) is 0 Å². The second-order valence-electron chi connectivity index (χ2n) is 1.60. The molecule has 2 unspecified atom stereocenters.